The molecule has 0 heterocycles. The van der Waals surface area contributed by atoms with Crippen LogP contribution >= 0.6 is 0 Å². The summed E-state index contributed by atoms with van der Waals surface area (Å²) in [6, 6.07) is 34.5. The zero-order chi connectivity index (χ0) is 29.2. The van der Waals surface area contributed by atoms with Crippen molar-refractivity contribution in [2.24, 2.45) is 0 Å². The number of aryl methyl sites for hydroxylation is 1. The van der Waals surface area contributed by atoms with Gasteiger partial charge in [0, 0.05) is 164 Å². The SMILES string of the molecule is Cc1c[c-]c(-c2c[c-]c(-c3ccc(C(F)(F)Oc4c[c-]c(-c5ccc(OC(F)(F)F)c(F)c5)[c-]c4)cc3)[c-]c2)cc1.[Y].[Y].[Y].[Y].[Y]. The van der Waals surface area contributed by atoms with Crippen molar-refractivity contribution in [3.63, 3.8) is 0 Å². The summed E-state index contributed by atoms with van der Waals surface area (Å²) in [7, 11) is 0. The van der Waals surface area contributed by atoms with Crippen LogP contribution in [0.3, 0.4) is 0 Å². The molecule has 0 unspecified atom stereocenters. The van der Waals surface area contributed by atoms with Crippen LogP contribution in [0, 0.1) is 43.1 Å². The number of rotatable bonds is 7. The van der Waals surface area contributed by atoms with E-state index >= 15 is 0 Å². The van der Waals surface area contributed by atoms with E-state index in [1.807, 2.05) is 25.1 Å². The largest absolute Gasteiger partial charge is 0.573 e. The van der Waals surface area contributed by atoms with Crippen molar-refractivity contribution < 1.29 is 199 Å². The first-order chi connectivity index (χ1) is 19.5. The molecule has 0 aliphatic rings. The summed E-state index contributed by atoms with van der Waals surface area (Å²) >= 11 is 0. The Kier molecular flexibility index (Phi) is 21.0. The standard InChI is InChI=1S/C33H17F6O2.5Y/c1-21-2-4-22(5-3-21)23-6-8-24(9-7-23)25-10-15-28(16-11-25)32(35,36)40-29-17-12-26(13-18-29)27-14-19-31(30(34)20-27)41-33(37,38)39;;;;;/h2-4,6-7,10-11,14-20H,1H3;;;;;/q-5;;;;;. The Labute approximate surface area is 389 Å². The topological polar surface area (TPSA) is 18.5 Å². The first kappa shape index (κ1) is 46.8. The van der Waals surface area contributed by atoms with Gasteiger partial charge in [0.1, 0.15) is 5.82 Å². The summed E-state index contributed by atoms with van der Waals surface area (Å²) in [6.07, 6.45) is -8.75. The summed E-state index contributed by atoms with van der Waals surface area (Å²) in [5, 5.41) is 0. The second-order valence-corrected chi connectivity index (χ2v) is 8.93. The number of hydrogen-bond donors (Lipinski definition) is 0. The minimum Gasteiger partial charge on any atom is -0.524 e. The van der Waals surface area contributed by atoms with Crippen molar-refractivity contribution >= 4 is 0 Å². The molecule has 0 aliphatic heterocycles. The van der Waals surface area contributed by atoms with Gasteiger partial charge in [-0.15, -0.1) is 49.1 Å². The number of ether oxygens (including phenoxy) is 2. The van der Waals surface area contributed by atoms with E-state index < -0.39 is 29.6 Å². The maximum atomic E-state index is 14.9. The Morgan fingerprint density at radius 1 is 0.565 bits per heavy atom. The first-order valence-electron chi connectivity index (χ1n) is 12.1. The number of halogens is 6. The molecule has 0 aliphatic carbocycles. The molecule has 0 saturated heterocycles. The second kappa shape index (κ2) is 20.6. The zero-order valence-corrected chi connectivity index (χ0v) is 38.2. The third-order valence-corrected chi connectivity index (χ3v) is 5.94. The van der Waals surface area contributed by atoms with E-state index in [-0.39, 0.29) is 180 Å². The van der Waals surface area contributed by atoms with E-state index in [9.17, 15) is 26.3 Å². The molecule has 5 aromatic rings. The Morgan fingerprint density at radius 3 is 1.63 bits per heavy atom. The Hall–Kier alpha value is 0.799. The third kappa shape index (κ3) is 12.8. The van der Waals surface area contributed by atoms with Crippen molar-refractivity contribution in [2.45, 2.75) is 19.4 Å². The summed E-state index contributed by atoms with van der Waals surface area (Å²) < 4.78 is 89.2. The second-order valence-electron chi connectivity index (χ2n) is 8.93. The molecule has 223 valence electrons. The number of hydrogen-bond acceptors (Lipinski definition) is 2. The van der Waals surface area contributed by atoms with Gasteiger partial charge in [-0.05, 0) is 11.8 Å². The van der Waals surface area contributed by atoms with E-state index in [2.05, 4.69) is 35.1 Å². The van der Waals surface area contributed by atoms with Gasteiger partial charge in [-0.25, -0.2) is 22.1 Å². The molecule has 5 radical (unpaired) electrons. The molecule has 0 N–H and O–H groups in total. The average molecular weight is 1000 g/mol. The van der Waals surface area contributed by atoms with Gasteiger partial charge in [0.2, 0.25) is 0 Å². The number of benzene rings is 5. The molecule has 0 atom stereocenters. The van der Waals surface area contributed by atoms with Gasteiger partial charge in [-0.1, -0.05) is 25.1 Å². The van der Waals surface area contributed by atoms with E-state index in [1.165, 1.54) is 24.3 Å². The average Bonchev–Trinajstić information content (AvgIpc) is 2.94. The Morgan fingerprint density at radius 2 is 1.11 bits per heavy atom. The maximum absolute atomic E-state index is 14.9. The molecule has 0 fully saturated rings. The van der Waals surface area contributed by atoms with E-state index in [0.717, 1.165) is 47.0 Å². The summed E-state index contributed by atoms with van der Waals surface area (Å²) in [4.78, 5) is 0. The molecule has 0 saturated carbocycles. The fourth-order valence-corrected chi connectivity index (χ4v) is 3.88. The quantitative estimate of drug-likeness (QED) is 0.120. The normalized spacial score (nSPS) is 10.5. The molecule has 2 nitrogen and oxygen atoms in total. The summed E-state index contributed by atoms with van der Waals surface area (Å²) in [5.74, 6) is -2.53. The fourth-order valence-electron chi connectivity index (χ4n) is 3.88. The van der Waals surface area contributed by atoms with Crippen molar-refractivity contribution in [3.8, 4) is 44.9 Å². The van der Waals surface area contributed by atoms with Crippen LogP contribution in [0.1, 0.15) is 11.1 Å². The molecule has 0 aromatic heterocycles. The van der Waals surface area contributed by atoms with Gasteiger partial charge in [-0.2, -0.15) is 49.7 Å². The van der Waals surface area contributed by atoms with E-state index in [4.69, 9.17) is 4.74 Å². The van der Waals surface area contributed by atoms with Gasteiger partial charge < -0.3 is 9.47 Å². The molecular formula is C33H17F6O2Y5-5. The van der Waals surface area contributed by atoms with Crippen LogP contribution in [-0.4, -0.2) is 6.36 Å². The predicted octanol–water partition coefficient (Wildman–Crippen LogP) is 9.15. The Bertz CT molecular complexity index is 1650. The predicted molar refractivity (Wildman–Crippen MR) is 139 cm³/mol. The van der Waals surface area contributed by atoms with Gasteiger partial charge in [0.05, 0.1) is 5.56 Å². The third-order valence-electron chi connectivity index (χ3n) is 5.94. The number of alkyl halides is 5. The van der Waals surface area contributed by atoms with Gasteiger partial charge in [-0.3, -0.25) is 35.4 Å². The molecule has 5 rings (SSSR count). The molecular weight excluding hydrogens is 987 g/mol. The Balaban J connectivity index is 0.00000405. The van der Waals surface area contributed by atoms with Crippen molar-refractivity contribution in [1.82, 2.24) is 0 Å². The van der Waals surface area contributed by atoms with Crippen LogP contribution in [0.25, 0.3) is 33.4 Å². The molecule has 0 bridgehead atoms. The molecule has 0 spiro atoms. The van der Waals surface area contributed by atoms with Crippen LogP contribution in [0.5, 0.6) is 11.5 Å². The summed E-state index contributed by atoms with van der Waals surface area (Å²) in [5.41, 5.74) is 3.94. The maximum Gasteiger partial charge on any atom is 0.573 e. The fraction of sp³-hybridized carbons (Fsp3) is 0.0909. The van der Waals surface area contributed by atoms with Gasteiger partial charge >= 0.3 is 12.5 Å². The monoisotopic (exact) mass is 1000 g/mol. The van der Waals surface area contributed by atoms with Crippen molar-refractivity contribution in [3.05, 3.63) is 132 Å². The van der Waals surface area contributed by atoms with Crippen molar-refractivity contribution in [2.75, 3.05) is 0 Å². The van der Waals surface area contributed by atoms with Crippen LogP contribution in [0.4, 0.5) is 26.3 Å². The summed E-state index contributed by atoms with van der Waals surface area (Å²) in [6.45, 7) is 1.97. The molecule has 46 heavy (non-hydrogen) atoms. The van der Waals surface area contributed by atoms with E-state index in [0.29, 0.717) is 11.1 Å². The molecule has 5 aromatic carbocycles. The molecule has 0 amide bonds. The minimum absolute atomic E-state index is 0. The van der Waals surface area contributed by atoms with Crippen LogP contribution < -0.4 is 9.47 Å². The van der Waals surface area contributed by atoms with Gasteiger partial charge in [0.15, 0.2) is 5.75 Å². The van der Waals surface area contributed by atoms with Crippen molar-refractivity contribution in [1.29, 1.82) is 0 Å². The van der Waals surface area contributed by atoms with Gasteiger partial charge in [0.25, 0.3) is 0 Å². The first-order valence-corrected chi connectivity index (χ1v) is 12.1. The minimum atomic E-state index is -5.05. The van der Waals surface area contributed by atoms with E-state index in [1.54, 1.807) is 12.1 Å². The van der Waals surface area contributed by atoms with Crippen LogP contribution in [0.2, 0.25) is 0 Å². The smallest absolute Gasteiger partial charge is 0.524 e. The zero-order valence-electron chi connectivity index (χ0n) is 24.1. The van der Waals surface area contributed by atoms with Crippen LogP contribution in [-0.2, 0) is 170 Å². The van der Waals surface area contributed by atoms with Crippen LogP contribution in [0.15, 0.2) is 84.9 Å². The molecule has 13 heteroatoms.